The molecule has 0 aromatic heterocycles. The summed E-state index contributed by atoms with van der Waals surface area (Å²) in [6, 6.07) is 0.519. The first-order chi connectivity index (χ1) is 8.18. The molecule has 2 heterocycles. The topological polar surface area (TPSA) is 50.8 Å². The lowest BCUT2D eigenvalue weighted by Gasteiger charge is -2.39. The summed E-state index contributed by atoms with van der Waals surface area (Å²) in [5, 5.41) is 3.31. The number of carbonyl (C=O) groups is 1. The van der Waals surface area contributed by atoms with E-state index in [1.54, 1.807) is 0 Å². The van der Waals surface area contributed by atoms with Gasteiger partial charge < -0.3 is 19.7 Å². The fourth-order valence-electron chi connectivity index (χ4n) is 2.56. The second kappa shape index (κ2) is 7.28. The average molecular weight is 279 g/mol. The number of hydrogen-bond donors (Lipinski definition) is 1. The Kier molecular flexibility index (Phi) is 6.35. The van der Waals surface area contributed by atoms with Crippen molar-refractivity contribution in [3.8, 4) is 0 Å². The number of halogens is 1. The van der Waals surface area contributed by atoms with Crippen molar-refractivity contribution < 1.29 is 14.3 Å². The van der Waals surface area contributed by atoms with Gasteiger partial charge >= 0.3 is 0 Å². The van der Waals surface area contributed by atoms with Crippen LogP contribution in [0.5, 0.6) is 0 Å². The lowest BCUT2D eigenvalue weighted by atomic mass is 10.1. The zero-order valence-corrected chi connectivity index (χ0v) is 11.9. The van der Waals surface area contributed by atoms with E-state index in [1.165, 1.54) is 0 Å². The molecule has 5 nitrogen and oxygen atoms in total. The van der Waals surface area contributed by atoms with Crippen molar-refractivity contribution in [1.82, 2.24) is 10.2 Å². The summed E-state index contributed by atoms with van der Waals surface area (Å²) in [6.45, 7) is 7.59. The van der Waals surface area contributed by atoms with Crippen LogP contribution >= 0.6 is 12.4 Å². The highest BCUT2D eigenvalue weighted by Crippen LogP contribution is 2.15. The quantitative estimate of drug-likeness (QED) is 0.796. The molecule has 2 rings (SSSR count). The maximum absolute atomic E-state index is 12.3. The average Bonchev–Trinajstić information content (AvgIpc) is 2.30. The Balaban J connectivity index is 0.00000162. The van der Waals surface area contributed by atoms with Crippen LogP contribution in [0.1, 0.15) is 20.3 Å². The molecular formula is C12H23ClN2O3. The normalized spacial score (nSPS) is 32.8. The molecule has 0 saturated carbocycles. The summed E-state index contributed by atoms with van der Waals surface area (Å²) >= 11 is 0. The van der Waals surface area contributed by atoms with Crippen molar-refractivity contribution in [2.24, 2.45) is 0 Å². The van der Waals surface area contributed by atoms with Crippen molar-refractivity contribution in [3.05, 3.63) is 0 Å². The number of rotatable bonds is 2. The Morgan fingerprint density at radius 2 is 1.89 bits per heavy atom. The summed E-state index contributed by atoms with van der Waals surface area (Å²) in [6.07, 6.45) is 0.522. The van der Waals surface area contributed by atoms with Gasteiger partial charge in [-0.3, -0.25) is 4.79 Å². The highest BCUT2D eigenvalue weighted by Gasteiger charge is 2.31. The van der Waals surface area contributed by atoms with Crippen LogP contribution in [-0.2, 0) is 14.3 Å². The van der Waals surface area contributed by atoms with Crippen LogP contribution in [0, 0.1) is 0 Å². The Morgan fingerprint density at radius 1 is 1.22 bits per heavy atom. The number of nitrogens with zero attached hydrogens (tertiary/aromatic N) is 1. The highest BCUT2D eigenvalue weighted by molar-refractivity contribution is 5.85. The van der Waals surface area contributed by atoms with Crippen molar-refractivity contribution in [3.63, 3.8) is 0 Å². The van der Waals surface area contributed by atoms with E-state index in [0.29, 0.717) is 26.2 Å². The summed E-state index contributed by atoms with van der Waals surface area (Å²) in [4.78, 5) is 14.2. The molecule has 1 amide bonds. The van der Waals surface area contributed by atoms with Gasteiger partial charge in [0.05, 0.1) is 38.5 Å². The Hall–Kier alpha value is -0.360. The van der Waals surface area contributed by atoms with Gasteiger partial charge in [0.1, 0.15) is 0 Å². The van der Waals surface area contributed by atoms with Crippen LogP contribution < -0.4 is 5.32 Å². The molecule has 6 heteroatoms. The van der Waals surface area contributed by atoms with Crippen LogP contribution in [0.25, 0.3) is 0 Å². The molecule has 0 aromatic carbocycles. The minimum absolute atomic E-state index is 0. The summed E-state index contributed by atoms with van der Waals surface area (Å²) in [5.41, 5.74) is 0. The summed E-state index contributed by atoms with van der Waals surface area (Å²) in [5.74, 6) is 0.205. The number of morpholine rings is 2. The number of nitrogens with one attached hydrogen (secondary N) is 1. The van der Waals surface area contributed by atoms with Gasteiger partial charge in [0.15, 0.2) is 0 Å². The first-order valence-electron chi connectivity index (χ1n) is 6.38. The van der Waals surface area contributed by atoms with Crippen LogP contribution in [0.15, 0.2) is 0 Å². The maximum Gasteiger partial charge on any atom is 0.224 e. The van der Waals surface area contributed by atoms with Gasteiger partial charge in [-0.2, -0.15) is 0 Å². The third-order valence-electron chi connectivity index (χ3n) is 3.38. The second-order valence-corrected chi connectivity index (χ2v) is 4.97. The largest absolute Gasteiger partial charge is 0.378 e. The molecule has 106 valence electrons. The number of carbonyl (C=O) groups excluding carboxylic acids is 1. The lowest BCUT2D eigenvalue weighted by Crippen LogP contribution is -2.54. The molecule has 0 aliphatic carbocycles. The predicted octanol–water partition coefficient (Wildman–Crippen LogP) is 0.422. The van der Waals surface area contributed by atoms with E-state index in [1.807, 2.05) is 18.7 Å². The lowest BCUT2D eigenvalue weighted by molar-refractivity contribution is -0.145. The Labute approximate surface area is 115 Å². The van der Waals surface area contributed by atoms with Gasteiger partial charge in [-0.15, -0.1) is 12.4 Å². The predicted molar refractivity (Wildman–Crippen MR) is 71.1 cm³/mol. The molecule has 0 radical (unpaired) electrons. The monoisotopic (exact) mass is 278 g/mol. The van der Waals surface area contributed by atoms with Gasteiger partial charge in [-0.1, -0.05) is 0 Å². The smallest absolute Gasteiger partial charge is 0.224 e. The van der Waals surface area contributed by atoms with Gasteiger partial charge in [0, 0.05) is 19.0 Å². The third-order valence-corrected chi connectivity index (χ3v) is 3.38. The molecule has 3 atom stereocenters. The maximum atomic E-state index is 12.3. The molecule has 2 fully saturated rings. The van der Waals surface area contributed by atoms with E-state index >= 15 is 0 Å². The van der Waals surface area contributed by atoms with Crippen LogP contribution in [0.4, 0.5) is 0 Å². The molecule has 2 saturated heterocycles. The minimum Gasteiger partial charge on any atom is -0.378 e. The van der Waals surface area contributed by atoms with E-state index in [0.717, 1.165) is 13.2 Å². The molecule has 0 bridgehead atoms. The molecule has 1 N–H and O–H groups in total. The number of amides is 1. The number of hydrogen-bond acceptors (Lipinski definition) is 4. The molecule has 18 heavy (non-hydrogen) atoms. The first-order valence-corrected chi connectivity index (χ1v) is 6.38. The van der Waals surface area contributed by atoms with Gasteiger partial charge in [0.25, 0.3) is 0 Å². The van der Waals surface area contributed by atoms with E-state index in [9.17, 15) is 4.79 Å². The molecule has 2 aliphatic rings. The van der Waals surface area contributed by atoms with E-state index in [4.69, 9.17) is 9.47 Å². The van der Waals surface area contributed by atoms with Gasteiger partial charge in [-0.25, -0.2) is 0 Å². The standard InChI is InChI=1S/C12H22N2O3.ClH/c1-9-6-17-7-10(2)14(9)12(15)5-11-8-16-4-3-13-11;/h9-11,13H,3-8H2,1-2H3;1H. The Morgan fingerprint density at radius 3 is 2.44 bits per heavy atom. The molecule has 3 unspecified atom stereocenters. The third kappa shape index (κ3) is 3.82. The van der Waals surface area contributed by atoms with E-state index < -0.39 is 0 Å². The molecular weight excluding hydrogens is 256 g/mol. The highest BCUT2D eigenvalue weighted by atomic mass is 35.5. The van der Waals surface area contributed by atoms with Crippen molar-refractivity contribution in [1.29, 1.82) is 0 Å². The van der Waals surface area contributed by atoms with E-state index in [2.05, 4.69) is 5.32 Å². The summed E-state index contributed by atoms with van der Waals surface area (Å²) < 4.78 is 10.8. The van der Waals surface area contributed by atoms with Gasteiger partial charge in [0.2, 0.25) is 5.91 Å². The van der Waals surface area contributed by atoms with E-state index in [-0.39, 0.29) is 36.4 Å². The fraction of sp³-hybridized carbons (Fsp3) is 0.917. The number of ether oxygens (including phenoxy) is 2. The first kappa shape index (κ1) is 15.7. The molecule has 2 aliphatic heterocycles. The SMILES string of the molecule is CC1COCC(C)N1C(=O)CC1COCCN1.Cl. The van der Waals surface area contributed by atoms with Crippen LogP contribution in [0.2, 0.25) is 0 Å². The van der Waals surface area contributed by atoms with Crippen LogP contribution in [-0.4, -0.2) is 61.9 Å². The summed E-state index contributed by atoms with van der Waals surface area (Å²) in [7, 11) is 0. The Bertz CT molecular complexity index is 262. The fourth-order valence-corrected chi connectivity index (χ4v) is 2.56. The van der Waals surface area contributed by atoms with Crippen molar-refractivity contribution >= 4 is 18.3 Å². The van der Waals surface area contributed by atoms with Gasteiger partial charge in [-0.05, 0) is 13.8 Å². The van der Waals surface area contributed by atoms with Crippen molar-refractivity contribution in [2.75, 3.05) is 33.0 Å². The van der Waals surface area contributed by atoms with Crippen LogP contribution in [0.3, 0.4) is 0 Å². The zero-order chi connectivity index (χ0) is 12.3. The minimum atomic E-state index is 0. The second-order valence-electron chi connectivity index (χ2n) is 4.97. The molecule has 0 spiro atoms. The zero-order valence-electron chi connectivity index (χ0n) is 11.1. The van der Waals surface area contributed by atoms with Crippen molar-refractivity contribution in [2.45, 2.75) is 38.4 Å². The molecule has 0 aromatic rings.